The SMILES string of the molecule is CC(C)OCCN1CCOCC1CNC1CC1. The summed E-state index contributed by atoms with van der Waals surface area (Å²) in [5, 5.41) is 3.59. The molecule has 17 heavy (non-hydrogen) atoms. The number of hydrogen-bond donors (Lipinski definition) is 1. The average molecular weight is 242 g/mol. The molecule has 0 amide bonds. The topological polar surface area (TPSA) is 33.7 Å². The summed E-state index contributed by atoms with van der Waals surface area (Å²) in [6.07, 6.45) is 3.03. The Balaban J connectivity index is 1.67. The van der Waals surface area contributed by atoms with Gasteiger partial charge in [-0.2, -0.15) is 0 Å². The Labute approximate surface area is 105 Å². The number of nitrogens with one attached hydrogen (secondary N) is 1. The van der Waals surface area contributed by atoms with E-state index in [1.807, 2.05) is 0 Å². The fraction of sp³-hybridized carbons (Fsp3) is 1.00. The minimum Gasteiger partial charge on any atom is -0.378 e. The summed E-state index contributed by atoms with van der Waals surface area (Å²) in [6, 6.07) is 1.31. The van der Waals surface area contributed by atoms with Crippen molar-refractivity contribution in [2.24, 2.45) is 0 Å². The van der Waals surface area contributed by atoms with Crippen molar-refractivity contribution in [2.75, 3.05) is 39.5 Å². The number of hydrogen-bond acceptors (Lipinski definition) is 4. The van der Waals surface area contributed by atoms with E-state index in [-0.39, 0.29) is 0 Å². The Kier molecular flexibility index (Phi) is 5.22. The van der Waals surface area contributed by atoms with Crippen molar-refractivity contribution in [1.82, 2.24) is 10.2 Å². The highest BCUT2D eigenvalue weighted by Crippen LogP contribution is 2.19. The molecule has 1 heterocycles. The molecule has 4 heteroatoms. The number of rotatable bonds is 7. The minimum atomic E-state index is 0.332. The second-order valence-electron chi connectivity index (χ2n) is 5.37. The highest BCUT2D eigenvalue weighted by molar-refractivity contribution is 4.85. The summed E-state index contributed by atoms with van der Waals surface area (Å²) in [7, 11) is 0. The van der Waals surface area contributed by atoms with Crippen LogP contribution in [0.3, 0.4) is 0 Å². The van der Waals surface area contributed by atoms with E-state index < -0.39 is 0 Å². The first kappa shape index (κ1) is 13.3. The zero-order chi connectivity index (χ0) is 12.1. The Bertz CT molecular complexity index is 219. The fourth-order valence-corrected chi connectivity index (χ4v) is 2.17. The van der Waals surface area contributed by atoms with Gasteiger partial charge in [-0.25, -0.2) is 0 Å². The maximum atomic E-state index is 5.63. The molecule has 1 unspecified atom stereocenters. The van der Waals surface area contributed by atoms with Crippen molar-refractivity contribution in [2.45, 2.75) is 44.9 Å². The van der Waals surface area contributed by atoms with Gasteiger partial charge in [-0.05, 0) is 26.7 Å². The maximum Gasteiger partial charge on any atom is 0.0634 e. The molecule has 1 saturated carbocycles. The van der Waals surface area contributed by atoms with Crippen molar-refractivity contribution >= 4 is 0 Å². The largest absolute Gasteiger partial charge is 0.378 e. The Morgan fingerprint density at radius 2 is 2.24 bits per heavy atom. The van der Waals surface area contributed by atoms with Gasteiger partial charge in [0.05, 0.1) is 25.9 Å². The second kappa shape index (κ2) is 6.69. The van der Waals surface area contributed by atoms with Crippen LogP contribution < -0.4 is 5.32 Å². The van der Waals surface area contributed by atoms with E-state index in [0.717, 1.165) is 45.5 Å². The van der Waals surface area contributed by atoms with E-state index in [9.17, 15) is 0 Å². The molecule has 0 spiro atoms. The fourth-order valence-electron chi connectivity index (χ4n) is 2.17. The van der Waals surface area contributed by atoms with Crippen LogP contribution in [0.15, 0.2) is 0 Å². The lowest BCUT2D eigenvalue weighted by Crippen LogP contribution is -2.51. The number of nitrogens with zero attached hydrogens (tertiary/aromatic N) is 1. The van der Waals surface area contributed by atoms with Gasteiger partial charge in [0.15, 0.2) is 0 Å². The molecule has 4 nitrogen and oxygen atoms in total. The average Bonchev–Trinajstić information content (AvgIpc) is 3.11. The normalized spacial score (nSPS) is 26.6. The monoisotopic (exact) mass is 242 g/mol. The summed E-state index contributed by atoms with van der Waals surface area (Å²) in [4.78, 5) is 2.50. The van der Waals surface area contributed by atoms with Gasteiger partial charge in [-0.15, -0.1) is 0 Å². The first-order chi connectivity index (χ1) is 8.25. The van der Waals surface area contributed by atoms with Crippen LogP contribution in [0.2, 0.25) is 0 Å². The number of ether oxygens (including phenoxy) is 2. The van der Waals surface area contributed by atoms with Gasteiger partial charge >= 0.3 is 0 Å². The van der Waals surface area contributed by atoms with E-state index in [1.54, 1.807) is 0 Å². The van der Waals surface area contributed by atoms with Crippen LogP contribution in [-0.2, 0) is 9.47 Å². The van der Waals surface area contributed by atoms with Crippen molar-refractivity contribution in [3.8, 4) is 0 Å². The van der Waals surface area contributed by atoms with Crippen LogP contribution in [-0.4, -0.2) is 62.5 Å². The molecule has 1 aliphatic carbocycles. The first-order valence-electron chi connectivity index (χ1n) is 6.92. The van der Waals surface area contributed by atoms with Crippen LogP contribution in [0.1, 0.15) is 26.7 Å². The zero-order valence-corrected chi connectivity index (χ0v) is 11.2. The van der Waals surface area contributed by atoms with Crippen molar-refractivity contribution in [1.29, 1.82) is 0 Å². The highest BCUT2D eigenvalue weighted by atomic mass is 16.5. The Morgan fingerprint density at radius 3 is 2.94 bits per heavy atom. The summed E-state index contributed by atoms with van der Waals surface area (Å²) < 4.78 is 11.2. The van der Waals surface area contributed by atoms with E-state index in [4.69, 9.17) is 9.47 Å². The molecule has 1 atom stereocenters. The lowest BCUT2D eigenvalue weighted by Gasteiger charge is -2.35. The van der Waals surface area contributed by atoms with Gasteiger partial charge in [0, 0.05) is 31.7 Å². The minimum absolute atomic E-state index is 0.332. The van der Waals surface area contributed by atoms with Gasteiger partial charge in [-0.3, -0.25) is 4.90 Å². The highest BCUT2D eigenvalue weighted by Gasteiger charge is 2.26. The van der Waals surface area contributed by atoms with E-state index >= 15 is 0 Å². The molecule has 100 valence electrons. The summed E-state index contributed by atoms with van der Waals surface area (Å²) in [5.74, 6) is 0. The lowest BCUT2D eigenvalue weighted by molar-refractivity contribution is -0.0256. The molecule has 0 aromatic carbocycles. The van der Waals surface area contributed by atoms with Crippen molar-refractivity contribution < 1.29 is 9.47 Å². The smallest absolute Gasteiger partial charge is 0.0634 e. The molecule has 1 saturated heterocycles. The summed E-state index contributed by atoms with van der Waals surface area (Å²) in [6.45, 7) is 9.86. The molecule has 0 radical (unpaired) electrons. The van der Waals surface area contributed by atoms with Gasteiger partial charge in [-0.1, -0.05) is 0 Å². The molecule has 0 aromatic heterocycles. The summed E-state index contributed by atoms with van der Waals surface area (Å²) >= 11 is 0. The Hall–Kier alpha value is -0.160. The lowest BCUT2D eigenvalue weighted by atomic mass is 10.2. The van der Waals surface area contributed by atoms with Crippen LogP contribution in [0, 0.1) is 0 Å². The molecule has 2 rings (SSSR count). The third kappa shape index (κ3) is 4.92. The van der Waals surface area contributed by atoms with Crippen molar-refractivity contribution in [3.63, 3.8) is 0 Å². The van der Waals surface area contributed by atoms with Crippen molar-refractivity contribution in [3.05, 3.63) is 0 Å². The van der Waals surface area contributed by atoms with Gasteiger partial charge < -0.3 is 14.8 Å². The quantitative estimate of drug-likeness (QED) is 0.718. The zero-order valence-electron chi connectivity index (χ0n) is 11.2. The molecular weight excluding hydrogens is 216 g/mol. The molecule has 1 N–H and O–H groups in total. The second-order valence-corrected chi connectivity index (χ2v) is 5.37. The van der Waals surface area contributed by atoms with E-state index in [0.29, 0.717) is 12.1 Å². The predicted molar refractivity (Wildman–Crippen MR) is 68.3 cm³/mol. The Morgan fingerprint density at radius 1 is 1.41 bits per heavy atom. The van der Waals surface area contributed by atoms with Crippen LogP contribution >= 0.6 is 0 Å². The van der Waals surface area contributed by atoms with Gasteiger partial charge in [0.25, 0.3) is 0 Å². The molecule has 0 bridgehead atoms. The molecular formula is C13H26N2O2. The van der Waals surface area contributed by atoms with E-state index in [2.05, 4.69) is 24.1 Å². The molecule has 1 aliphatic heterocycles. The van der Waals surface area contributed by atoms with Gasteiger partial charge in [0.2, 0.25) is 0 Å². The standard InChI is InChI=1S/C13H26N2O2/c1-11(2)17-8-6-15-5-7-16-10-13(15)9-14-12-3-4-12/h11-14H,3-10H2,1-2H3. The van der Waals surface area contributed by atoms with Crippen LogP contribution in [0.25, 0.3) is 0 Å². The third-order valence-electron chi connectivity index (χ3n) is 3.40. The molecule has 0 aromatic rings. The predicted octanol–water partition coefficient (Wildman–Crippen LogP) is 0.864. The molecule has 2 aliphatic rings. The van der Waals surface area contributed by atoms with Crippen LogP contribution in [0.4, 0.5) is 0 Å². The first-order valence-corrected chi connectivity index (χ1v) is 6.92. The summed E-state index contributed by atoms with van der Waals surface area (Å²) in [5.41, 5.74) is 0. The van der Waals surface area contributed by atoms with E-state index in [1.165, 1.54) is 12.8 Å². The van der Waals surface area contributed by atoms with Crippen LogP contribution in [0.5, 0.6) is 0 Å². The number of morpholine rings is 1. The van der Waals surface area contributed by atoms with Gasteiger partial charge in [0.1, 0.15) is 0 Å². The molecule has 2 fully saturated rings. The maximum absolute atomic E-state index is 5.63. The third-order valence-corrected chi connectivity index (χ3v) is 3.40.